The quantitative estimate of drug-likeness (QED) is 0.657. The van der Waals surface area contributed by atoms with Crippen LogP contribution in [0.15, 0.2) is 41.8 Å². The highest BCUT2D eigenvalue weighted by Crippen LogP contribution is 2.64. The lowest BCUT2D eigenvalue weighted by molar-refractivity contribution is -0.128. The van der Waals surface area contributed by atoms with Gasteiger partial charge >= 0.3 is 0 Å². The van der Waals surface area contributed by atoms with Crippen LogP contribution < -0.4 is 10.5 Å². The number of amides is 1. The van der Waals surface area contributed by atoms with E-state index in [1.165, 1.54) is 12.1 Å². The smallest absolute Gasteiger partial charge is 0.266 e. The number of benzene rings is 1. The molecule has 0 heterocycles. The van der Waals surface area contributed by atoms with Crippen LogP contribution in [0.4, 0.5) is 5.69 Å². The van der Waals surface area contributed by atoms with E-state index in [0.29, 0.717) is 6.42 Å². The van der Waals surface area contributed by atoms with Crippen LogP contribution in [-0.2, 0) is 14.8 Å². The predicted molar refractivity (Wildman–Crippen MR) is 86.4 cm³/mol. The van der Waals surface area contributed by atoms with Crippen molar-refractivity contribution in [2.45, 2.75) is 32.1 Å². The number of hydrogen-bond acceptors (Lipinski definition) is 4. The van der Waals surface area contributed by atoms with Crippen LogP contribution in [0.5, 0.6) is 0 Å². The molecule has 1 saturated carbocycles. The topological polar surface area (TPSA) is 89.3 Å². The van der Waals surface area contributed by atoms with Crippen molar-refractivity contribution in [3.05, 3.63) is 36.9 Å². The molecule has 1 amide bonds. The minimum Gasteiger partial charge on any atom is -0.398 e. The Labute approximate surface area is 131 Å². The first-order chi connectivity index (χ1) is 10.1. The van der Waals surface area contributed by atoms with Crippen molar-refractivity contribution in [1.29, 1.82) is 0 Å². The molecule has 1 aromatic carbocycles. The molecule has 1 fully saturated rings. The first-order valence-corrected chi connectivity index (χ1v) is 8.59. The number of para-hydroxylation sites is 1. The van der Waals surface area contributed by atoms with Gasteiger partial charge in [-0.05, 0) is 29.9 Å². The van der Waals surface area contributed by atoms with E-state index in [-0.39, 0.29) is 21.9 Å². The summed E-state index contributed by atoms with van der Waals surface area (Å²) in [5.74, 6) is -0.510. The Morgan fingerprint density at radius 1 is 1.41 bits per heavy atom. The standard InChI is InChI=1S/C16H22N2O3S/c1-5-11-10-16(11,15(2,3)4)14(19)18-22(20,21)13-9-7-6-8-12(13)17/h5-9,11H,1,10,17H2,2-4H3,(H,18,19)/t11-,16-/m1/s1. The molecule has 2 atom stereocenters. The highest BCUT2D eigenvalue weighted by Gasteiger charge is 2.65. The molecule has 22 heavy (non-hydrogen) atoms. The van der Waals surface area contributed by atoms with Gasteiger partial charge in [0.15, 0.2) is 0 Å². The summed E-state index contributed by atoms with van der Waals surface area (Å²) in [6.45, 7) is 9.52. The first kappa shape index (κ1) is 16.5. The van der Waals surface area contributed by atoms with Crippen LogP contribution in [0.2, 0.25) is 0 Å². The van der Waals surface area contributed by atoms with Gasteiger partial charge in [-0.3, -0.25) is 4.79 Å². The molecule has 0 bridgehead atoms. The van der Waals surface area contributed by atoms with Crippen molar-refractivity contribution in [3.63, 3.8) is 0 Å². The number of nitrogens with one attached hydrogen (secondary N) is 1. The van der Waals surface area contributed by atoms with Crippen LogP contribution >= 0.6 is 0 Å². The van der Waals surface area contributed by atoms with Gasteiger partial charge in [0.2, 0.25) is 5.91 Å². The lowest BCUT2D eigenvalue weighted by Crippen LogP contribution is -2.43. The number of nitrogens with two attached hydrogens (primary N) is 1. The fourth-order valence-corrected chi connectivity index (χ4v) is 4.20. The number of carbonyl (C=O) groups excluding carboxylic acids is 1. The van der Waals surface area contributed by atoms with E-state index in [2.05, 4.69) is 11.3 Å². The fourth-order valence-electron chi connectivity index (χ4n) is 3.03. The number of rotatable bonds is 4. The normalized spacial score (nSPS) is 24.6. The molecule has 3 N–H and O–H groups in total. The molecule has 0 aromatic heterocycles. The molecule has 2 rings (SSSR count). The third-order valence-corrected chi connectivity index (χ3v) is 5.88. The Bertz CT molecular complexity index is 719. The van der Waals surface area contributed by atoms with Gasteiger partial charge in [0.25, 0.3) is 10.0 Å². The zero-order valence-electron chi connectivity index (χ0n) is 13.1. The Kier molecular flexibility index (Phi) is 3.85. The van der Waals surface area contributed by atoms with E-state index in [0.717, 1.165) is 0 Å². The molecule has 0 unspecified atom stereocenters. The zero-order chi connectivity index (χ0) is 16.8. The summed E-state index contributed by atoms with van der Waals surface area (Å²) in [5.41, 5.74) is 4.70. The number of sulfonamides is 1. The third kappa shape index (κ3) is 2.52. The summed E-state index contributed by atoms with van der Waals surface area (Å²) in [6.07, 6.45) is 2.32. The number of anilines is 1. The van der Waals surface area contributed by atoms with Gasteiger partial charge in [-0.25, -0.2) is 13.1 Å². The fraction of sp³-hybridized carbons (Fsp3) is 0.438. The van der Waals surface area contributed by atoms with Gasteiger partial charge in [0.1, 0.15) is 4.90 Å². The van der Waals surface area contributed by atoms with E-state index in [4.69, 9.17) is 5.73 Å². The van der Waals surface area contributed by atoms with Crippen molar-refractivity contribution < 1.29 is 13.2 Å². The summed E-state index contributed by atoms with van der Waals surface area (Å²) in [7, 11) is -3.98. The van der Waals surface area contributed by atoms with Gasteiger partial charge in [0.05, 0.1) is 11.1 Å². The monoisotopic (exact) mass is 322 g/mol. The van der Waals surface area contributed by atoms with E-state index in [9.17, 15) is 13.2 Å². The molecule has 0 saturated heterocycles. The number of nitrogen functional groups attached to an aromatic ring is 1. The lowest BCUT2D eigenvalue weighted by Gasteiger charge is -2.30. The lowest BCUT2D eigenvalue weighted by atomic mass is 9.75. The minimum absolute atomic E-state index is 0.0178. The van der Waals surface area contributed by atoms with E-state index < -0.39 is 21.3 Å². The molecular weight excluding hydrogens is 300 g/mol. The largest absolute Gasteiger partial charge is 0.398 e. The van der Waals surface area contributed by atoms with Crippen molar-refractivity contribution in [3.8, 4) is 0 Å². The molecule has 1 aliphatic carbocycles. The van der Waals surface area contributed by atoms with Crippen LogP contribution in [0.3, 0.4) is 0 Å². The van der Waals surface area contributed by atoms with E-state index in [1.807, 2.05) is 20.8 Å². The Balaban J connectivity index is 2.33. The third-order valence-electron chi connectivity index (χ3n) is 4.48. The maximum absolute atomic E-state index is 12.7. The molecule has 5 nitrogen and oxygen atoms in total. The molecule has 1 aliphatic rings. The summed E-state index contributed by atoms with van der Waals surface area (Å²) in [6, 6.07) is 6.08. The minimum atomic E-state index is -3.98. The molecular formula is C16H22N2O3S. The second kappa shape index (κ2) is 5.12. The Hall–Kier alpha value is -1.82. The second-order valence-electron chi connectivity index (χ2n) is 6.74. The highest BCUT2D eigenvalue weighted by atomic mass is 32.2. The van der Waals surface area contributed by atoms with Gasteiger partial charge in [-0.2, -0.15) is 0 Å². The van der Waals surface area contributed by atoms with Crippen LogP contribution in [0, 0.1) is 16.7 Å². The highest BCUT2D eigenvalue weighted by molar-refractivity contribution is 7.90. The van der Waals surface area contributed by atoms with Crippen molar-refractivity contribution in [2.75, 3.05) is 5.73 Å². The number of hydrogen-bond donors (Lipinski definition) is 2. The van der Waals surface area contributed by atoms with E-state index >= 15 is 0 Å². The molecule has 0 spiro atoms. The van der Waals surface area contributed by atoms with Gasteiger partial charge in [-0.1, -0.05) is 39.0 Å². The maximum atomic E-state index is 12.7. The van der Waals surface area contributed by atoms with Crippen molar-refractivity contribution in [2.24, 2.45) is 16.7 Å². The molecule has 0 aliphatic heterocycles. The SMILES string of the molecule is C=C[C@@H]1C[C@@]1(C(=O)NS(=O)(=O)c1ccccc1N)C(C)(C)C. The number of allylic oxidation sites excluding steroid dienone is 1. The van der Waals surface area contributed by atoms with Crippen LogP contribution in [0.1, 0.15) is 27.2 Å². The zero-order valence-corrected chi connectivity index (χ0v) is 13.9. The predicted octanol–water partition coefficient (Wildman–Crippen LogP) is 2.31. The molecule has 0 radical (unpaired) electrons. The average Bonchev–Trinajstić information content (AvgIpc) is 3.14. The summed E-state index contributed by atoms with van der Waals surface area (Å²) >= 11 is 0. The first-order valence-electron chi connectivity index (χ1n) is 7.10. The van der Waals surface area contributed by atoms with E-state index in [1.54, 1.807) is 18.2 Å². The van der Waals surface area contributed by atoms with Crippen LogP contribution in [0.25, 0.3) is 0 Å². The second-order valence-corrected chi connectivity index (χ2v) is 8.39. The summed E-state index contributed by atoms with van der Waals surface area (Å²) in [4.78, 5) is 12.6. The van der Waals surface area contributed by atoms with Crippen LogP contribution in [-0.4, -0.2) is 14.3 Å². The van der Waals surface area contributed by atoms with Crippen molar-refractivity contribution in [1.82, 2.24) is 4.72 Å². The van der Waals surface area contributed by atoms with Gasteiger partial charge in [-0.15, -0.1) is 6.58 Å². The average molecular weight is 322 g/mol. The molecule has 1 aromatic rings. The van der Waals surface area contributed by atoms with Gasteiger partial charge in [0, 0.05) is 0 Å². The molecule has 6 heteroatoms. The summed E-state index contributed by atoms with van der Waals surface area (Å²) in [5, 5.41) is 0. The maximum Gasteiger partial charge on any atom is 0.266 e. The Morgan fingerprint density at radius 2 is 2.00 bits per heavy atom. The Morgan fingerprint density at radius 3 is 2.45 bits per heavy atom. The number of carbonyl (C=O) groups is 1. The molecule has 120 valence electrons. The summed E-state index contributed by atoms with van der Waals surface area (Å²) < 4.78 is 27.0. The van der Waals surface area contributed by atoms with Crippen molar-refractivity contribution >= 4 is 21.6 Å². The van der Waals surface area contributed by atoms with Gasteiger partial charge < -0.3 is 5.73 Å².